The Balaban J connectivity index is 2.48. The Morgan fingerprint density at radius 2 is 2.19 bits per heavy atom. The predicted octanol–water partition coefficient (Wildman–Crippen LogP) is 3.15. The normalized spacial score (nSPS) is 20.1. The summed E-state index contributed by atoms with van der Waals surface area (Å²) in [5.41, 5.74) is 3.53. The van der Waals surface area contributed by atoms with Gasteiger partial charge in [0.25, 0.3) is 0 Å². The van der Waals surface area contributed by atoms with Crippen LogP contribution in [0.1, 0.15) is 49.0 Å². The van der Waals surface area contributed by atoms with E-state index < -0.39 is 0 Å². The molecule has 0 saturated carbocycles. The van der Waals surface area contributed by atoms with Crippen LogP contribution in [0.4, 0.5) is 0 Å². The number of rotatable bonds is 2. The molecule has 1 aliphatic carbocycles. The number of ether oxygens (including phenoxy) is 1. The van der Waals surface area contributed by atoms with Crippen LogP contribution >= 0.6 is 0 Å². The van der Waals surface area contributed by atoms with E-state index in [0.717, 1.165) is 37.0 Å². The molecule has 0 spiro atoms. The third kappa shape index (κ3) is 2.07. The Kier molecular flexibility index (Phi) is 3.49. The van der Waals surface area contributed by atoms with Gasteiger partial charge in [-0.3, -0.25) is 0 Å². The monoisotopic (exact) mass is 220 g/mol. The van der Waals surface area contributed by atoms with Crippen molar-refractivity contribution in [3.63, 3.8) is 0 Å². The molecule has 1 atom stereocenters. The highest BCUT2D eigenvalue weighted by atomic mass is 16.5. The van der Waals surface area contributed by atoms with Crippen LogP contribution in [-0.2, 0) is 6.42 Å². The summed E-state index contributed by atoms with van der Waals surface area (Å²) in [4.78, 5) is 0. The van der Waals surface area contributed by atoms with Gasteiger partial charge in [-0.1, -0.05) is 12.5 Å². The number of hydrogen-bond donors (Lipinski definition) is 1. The van der Waals surface area contributed by atoms with Crippen LogP contribution in [0.2, 0.25) is 0 Å². The molecule has 16 heavy (non-hydrogen) atoms. The van der Waals surface area contributed by atoms with Crippen LogP contribution in [0.25, 0.3) is 0 Å². The maximum atomic E-state index is 10.2. The van der Waals surface area contributed by atoms with Gasteiger partial charge in [0.2, 0.25) is 0 Å². The Bertz CT molecular complexity index is 371. The summed E-state index contributed by atoms with van der Waals surface area (Å²) >= 11 is 0. The second kappa shape index (κ2) is 4.88. The molecule has 0 fully saturated rings. The van der Waals surface area contributed by atoms with E-state index in [0.29, 0.717) is 6.61 Å². The fourth-order valence-corrected chi connectivity index (χ4v) is 2.56. The minimum absolute atomic E-state index is 0.307. The third-order valence-corrected chi connectivity index (χ3v) is 3.32. The molecule has 0 bridgehead atoms. The highest BCUT2D eigenvalue weighted by Gasteiger charge is 2.21. The molecule has 2 rings (SSSR count). The smallest absolute Gasteiger partial charge is 0.122 e. The van der Waals surface area contributed by atoms with Gasteiger partial charge in [0.05, 0.1) is 12.7 Å². The summed E-state index contributed by atoms with van der Waals surface area (Å²) in [7, 11) is 0. The fraction of sp³-hybridized carbons (Fsp3) is 0.571. The van der Waals surface area contributed by atoms with Crippen molar-refractivity contribution in [1.29, 1.82) is 0 Å². The lowest BCUT2D eigenvalue weighted by Gasteiger charge is -2.18. The first-order chi connectivity index (χ1) is 7.74. The molecule has 0 unspecified atom stereocenters. The van der Waals surface area contributed by atoms with Crippen molar-refractivity contribution in [2.75, 3.05) is 6.61 Å². The molecule has 1 N–H and O–H groups in total. The summed E-state index contributed by atoms with van der Waals surface area (Å²) in [6.45, 7) is 4.76. The molecule has 0 heterocycles. The third-order valence-electron chi connectivity index (χ3n) is 3.32. The molecule has 0 saturated heterocycles. The Morgan fingerprint density at radius 3 is 2.94 bits per heavy atom. The molecule has 1 aliphatic rings. The number of fused-ring (bicyclic) bond motifs is 1. The van der Waals surface area contributed by atoms with Crippen LogP contribution in [0, 0.1) is 6.92 Å². The predicted molar refractivity (Wildman–Crippen MR) is 64.9 cm³/mol. The number of aliphatic hydroxyl groups excluding tert-OH is 1. The number of aliphatic hydroxyl groups is 1. The topological polar surface area (TPSA) is 29.5 Å². The molecule has 2 nitrogen and oxygen atoms in total. The summed E-state index contributed by atoms with van der Waals surface area (Å²) in [6.07, 6.45) is 3.85. The quantitative estimate of drug-likeness (QED) is 0.776. The largest absolute Gasteiger partial charge is 0.494 e. The molecule has 88 valence electrons. The maximum Gasteiger partial charge on any atom is 0.122 e. The molecule has 0 aromatic heterocycles. The van der Waals surface area contributed by atoms with E-state index in [9.17, 15) is 5.11 Å². The average Bonchev–Trinajstić information content (AvgIpc) is 2.46. The summed E-state index contributed by atoms with van der Waals surface area (Å²) < 4.78 is 5.65. The van der Waals surface area contributed by atoms with Gasteiger partial charge in [-0.25, -0.2) is 0 Å². The minimum Gasteiger partial charge on any atom is -0.494 e. The highest BCUT2D eigenvalue weighted by Crippen LogP contribution is 2.36. The van der Waals surface area contributed by atoms with Gasteiger partial charge in [-0.15, -0.1) is 0 Å². The van der Waals surface area contributed by atoms with E-state index in [4.69, 9.17) is 4.74 Å². The summed E-state index contributed by atoms with van der Waals surface area (Å²) in [6, 6.07) is 4.09. The molecule has 1 aromatic carbocycles. The summed E-state index contributed by atoms with van der Waals surface area (Å²) in [5, 5.41) is 10.2. The fourth-order valence-electron chi connectivity index (χ4n) is 2.56. The minimum atomic E-state index is -0.307. The van der Waals surface area contributed by atoms with Crippen LogP contribution < -0.4 is 4.74 Å². The van der Waals surface area contributed by atoms with E-state index in [1.807, 2.05) is 13.0 Å². The SMILES string of the molecule is CCOc1ccc(C)c2c1CCCC[C@H]2O. The molecule has 0 radical (unpaired) electrons. The van der Waals surface area contributed by atoms with Crippen molar-refractivity contribution in [3.8, 4) is 5.75 Å². The van der Waals surface area contributed by atoms with Gasteiger partial charge < -0.3 is 9.84 Å². The average molecular weight is 220 g/mol. The summed E-state index contributed by atoms with van der Waals surface area (Å²) in [5.74, 6) is 0.962. The molecular weight excluding hydrogens is 200 g/mol. The number of hydrogen-bond acceptors (Lipinski definition) is 2. The van der Waals surface area contributed by atoms with Gasteiger partial charge in [-0.2, -0.15) is 0 Å². The van der Waals surface area contributed by atoms with Gasteiger partial charge >= 0.3 is 0 Å². The van der Waals surface area contributed by atoms with Crippen molar-refractivity contribution >= 4 is 0 Å². The van der Waals surface area contributed by atoms with Crippen molar-refractivity contribution in [3.05, 3.63) is 28.8 Å². The van der Waals surface area contributed by atoms with Crippen molar-refractivity contribution in [1.82, 2.24) is 0 Å². The zero-order valence-corrected chi connectivity index (χ0v) is 10.1. The van der Waals surface area contributed by atoms with Crippen molar-refractivity contribution in [2.45, 2.75) is 45.6 Å². The van der Waals surface area contributed by atoms with Crippen LogP contribution in [0.15, 0.2) is 12.1 Å². The van der Waals surface area contributed by atoms with E-state index in [1.165, 1.54) is 11.1 Å². The molecule has 2 heteroatoms. The second-order valence-electron chi connectivity index (χ2n) is 4.47. The maximum absolute atomic E-state index is 10.2. The van der Waals surface area contributed by atoms with E-state index in [2.05, 4.69) is 13.0 Å². The van der Waals surface area contributed by atoms with Gasteiger partial charge in [-0.05, 0) is 50.3 Å². The van der Waals surface area contributed by atoms with E-state index in [-0.39, 0.29) is 6.10 Å². The lowest BCUT2D eigenvalue weighted by molar-refractivity contribution is 0.165. The molecule has 1 aromatic rings. The van der Waals surface area contributed by atoms with Gasteiger partial charge in [0, 0.05) is 5.56 Å². The van der Waals surface area contributed by atoms with E-state index >= 15 is 0 Å². The molecule has 0 aliphatic heterocycles. The lowest BCUT2D eigenvalue weighted by Crippen LogP contribution is -2.05. The van der Waals surface area contributed by atoms with Crippen LogP contribution in [0.3, 0.4) is 0 Å². The van der Waals surface area contributed by atoms with Gasteiger partial charge in [0.15, 0.2) is 0 Å². The zero-order chi connectivity index (χ0) is 11.5. The first-order valence-corrected chi connectivity index (χ1v) is 6.17. The Morgan fingerprint density at radius 1 is 1.38 bits per heavy atom. The second-order valence-corrected chi connectivity index (χ2v) is 4.47. The standard InChI is InChI=1S/C14H20O2/c1-3-16-13-9-8-10(2)14-11(13)6-4-5-7-12(14)15/h8-9,12,15H,3-7H2,1-2H3/t12-/m1/s1. The number of benzene rings is 1. The zero-order valence-electron chi connectivity index (χ0n) is 10.1. The number of aryl methyl sites for hydroxylation is 1. The van der Waals surface area contributed by atoms with Crippen LogP contribution in [0.5, 0.6) is 5.75 Å². The molecular formula is C14H20O2. The highest BCUT2D eigenvalue weighted by molar-refractivity contribution is 5.46. The van der Waals surface area contributed by atoms with Crippen molar-refractivity contribution in [2.24, 2.45) is 0 Å². The Labute approximate surface area is 97.3 Å². The van der Waals surface area contributed by atoms with Gasteiger partial charge in [0.1, 0.15) is 5.75 Å². The van der Waals surface area contributed by atoms with E-state index in [1.54, 1.807) is 0 Å². The molecule has 0 amide bonds. The first-order valence-electron chi connectivity index (χ1n) is 6.17. The first kappa shape index (κ1) is 11.5. The van der Waals surface area contributed by atoms with Crippen LogP contribution in [-0.4, -0.2) is 11.7 Å². The Hall–Kier alpha value is -1.02. The lowest BCUT2D eigenvalue weighted by atomic mass is 9.95. The van der Waals surface area contributed by atoms with Crippen molar-refractivity contribution < 1.29 is 9.84 Å².